The molecule has 1 saturated heterocycles. The van der Waals surface area contributed by atoms with Gasteiger partial charge in [0.05, 0.1) is 39.3 Å². The molecular weight excluding hydrogens is 649 g/mol. The molecule has 49 heavy (non-hydrogen) atoms. The number of nitrogens with one attached hydrogen (secondary N) is 2. The monoisotopic (exact) mass is 699 g/mol. The highest BCUT2D eigenvalue weighted by Gasteiger charge is 2.36. The van der Waals surface area contributed by atoms with Crippen molar-refractivity contribution in [1.29, 1.82) is 0 Å². The zero-order valence-electron chi connectivity index (χ0n) is 30.0. The molecule has 0 bridgehead atoms. The summed E-state index contributed by atoms with van der Waals surface area (Å²) in [5, 5.41) is 6.03. The van der Waals surface area contributed by atoms with E-state index in [1.54, 1.807) is 57.6 Å². The largest absolute Gasteiger partial charge is 0.493 e. The molecule has 1 aliphatic carbocycles. The molecule has 2 aromatic rings. The van der Waals surface area contributed by atoms with Crippen molar-refractivity contribution in [1.82, 2.24) is 15.1 Å². The lowest BCUT2D eigenvalue weighted by atomic mass is 9.83. The molecule has 0 unspecified atom stereocenters. The van der Waals surface area contributed by atoms with Crippen molar-refractivity contribution in [3.05, 3.63) is 88.1 Å². The smallest absolute Gasteiger partial charge is 0.325 e. The number of hydrogen-bond donors (Lipinski definition) is 2. The van der Waals surface area contributed by atoms with Gasteiger partial charge in [-0.1, -0.05) is 31.5 Å². The maximum absolute atomic E-state index is 14.2. The average Bonchev–Trinajstić information content (AvgIpc) is 3.25. The average molecular weight is 700 g/mol. The molecule has 0 atom stereocenters. The van der Waals surface area contributed by atoms with E-state index in [0.29, 0.717) is 58.1 Å². The fourth-order valence-corrected chi connectivity index (χ4v) is 5.31. The van der Waals surface area contributed by atoms with Gasteiger partial charge < -0.3 is 39.4 Å². The van der Waals surface area contributed by atoms with Crippen LogP contribution in [0.15, 0.2) is 76.1 Å². The second-order valence-electron chi connectivity index (χ2n) is 12.3. The lowest BCUT2D eigenvalue weighted by Crippen LogP contribution is -2.48. The van der Waals surface area contributed by atoms with Gasteiger partial charge in [0.2, 0.25) is 5.90 Å². The molecule has 0 spiro atoms. The third-order valence-electron chi connectivity index (χ3n) is 7.87. The highest BCUT2D eigenvalue weighted by Crippen LogP contribution is 2.32. The van der Waals surface area contributed by atoms with Gasteiger partial charge in [0.25, 0.3) is 0 Å². The van der Waals surface area contributed by atoms with Crippen molar-refractivity contribution in [2.24, 2.45) is 10.4 Å². The number of aryl methyl sites for hydroxylation is 1. The minimum Gasteiger partial charge on any atom is -0.493 e. The maximum Gasteiger partial charge on any atom is 0.325 e. The van der Waals surface area contributed by atoms with Crippen molar-refractivity contribution < 1.29 is 28.1 Å². The van der Waals surface area contributed by atoms with Crippen LogP contribution in [0.5, 0.6) is 11.5 Å². The Labute approximate surface area is 295 Å². The number of carbonyl (C=O) groups is 1. The number of allylic oxidation sites excluding steroid dienone is 4. The first-order chi connectivity index (χ1) is 23.4. The minimum absolute atomic E-state index is 0.106. The van der Waals surface area contributed by atoms with Gasteiger partial charge in [0, 0.05) is 41.7 Å². The van der Waals surface area contributed by atoms with Crippen LogP contribution in [0.1, 0.15) is 44.2 Å². The minimum atomic E-state index is -0.513. The SMILES string of the molecule is CCC1(CN(C)C)COC1.CCCOc1ccc(/C(=N\CNC)OC2=CC=C(N(C)C(=O)Nc3cc(C)ccc3F)CC(Cl)=C2)cc1OC. The van der Waals surface area contributed by atoms with Crippen LogP contribution in [0, 0.1) is 18.2 Å². The zero-order valence-corrected chi connectivity index (χ0v) is 30.7. The van der Waals surface area contributed by atoms with E-state index in [1.807, 2.05) is 26.0 Å². The first kappa shape index (κ1) is 39.5. The summed E-state index contributed by atoms with van der Waals surface area (Å²) in [6.07, 6.45) is 7.48. The molecule has 4 rings (SSSR count). The number of urea groups is 1. The van der Waals surface area contributed by atoms with Crippen molar-refractivity contribution in [2.45, 2.75) is 40.0 Å². The molecule has 10 nitrogen and oxygen atoms in total. The van der Waals surface area contributed by atoms with Gasteiger partial charge in [-0.15, -0.1) is 0 Å². The Morgan fingerprint density at radius 1 is 1.10 bits per heavy atom. The standard InChI is InChI=1S/C29H34ClFN4O4.C8H17NO/c1-6-13-38-26-12-8-20(15-27(26)37-5)28(33-18-32-3)39-23-10-9-22(16-21(30)17-23)35(4)29(36)34-25-14-19(2)7-11-24(25)31;1-4-8(5-9(2)3)6-10-7-8/h7-12,14-15,17,32H,6,13,16,18H2,1-5H3,(H,34,36);4-7H2,1-3H3/b33-28+;. The van der Waals surface area contributed by atoms with Gasteiger partial charge in [-0.2, -0.15) is 0 Å². The highest BCUT2D eigenvalue weighted by molar-refractivity contribution is 6.30. The molecule has 2 N–H and O–H groups in total. The maximum atomic E-state index is 14.2. The summed E-state index contributed by atoms with van der Waals surface area (Å²) in [7, 11) is 9.19. The number of aliphatic imine (C=N–C) groups is 1. The van der Waals surface area contributed by atoms with E-state index in [4.69, 9.17) is 30.5 Å². The van der Waals surface area contributed by atoms with E-state index >= 15 is 0 Å². The van der Waals surface area contributed by atoms with Gasteiger partial charge in [-0.3, -0.25) is 0 Å². The third kappa shape index (κ3) is 11.9. The third-order valence-corrected chi connectivity index (χ3v) is 8.12. The molecule has 2 aromatic carbocycles. The van der Waals surface area contributed by atoms with Crippen molar-refractivity contribution >= 4 is 29.2 Å². The van der Waals surface area contributed by atoms with Gasteiger partial charge in [-0.05, 0) is 95.0 Å². The summed E-state index contributed by atoms with van der Waals surface area (Å²) in [6, 6.07) is 9.48. The van der Waals surface area contributed by atoms with E-state index in [-0.39, 0.29) is 12.1 Å². The van der Waals surface area contributed by atoms with Gasteiger partial charge in [0.15, 0.2) is 11.5 Å². The summed E-state index contributed by atoms with van der Waals surface area (Å²) in [5.41, 5.74) is 2.70. The van der Waals surface area contributed by atoms with Crippen LogP contribution in [-0.4, -0.2) is 90.1 Å². The first-order valence-corrected chi connectivity index (χ1v) is 16.8. The quantitative estimate of drug-likeness (QED) is 0.167. The summed E-state index contributed by atoms with van der Waals surface area (Å²) < 4.78 is 36.8. The Balaban J connectivity index is 0.000000555. The molecule has 1 heterocycles. The molecule has 12 heteroatoms. The molecule has 2 amide bonds. The Morgan fingerprint density at radius 3 is 2.45 bits per heavy atom. The number of amides is 2. The molecule has 1 fully saturated rings. The number of benzene rings is 2. The number of rotatable bonds is 13. The van der Waals surface area contributed by atoms with Crippen molar-refractivity contribution in [3.63, 3.8) is 0 Å². The normalized spacial score (nSPS) is 15.4. The summed E-state index contributed by atoms with van der Waals surface area (Å²) >= 11 is 6.51. The summed E-state index contributed by atoms with van der Waals surface area (Å²) in [5.74, 6) is 1.45. The van der Waals surface area contributed by atoms with Crippen LogP contribution in [-0.2, 0) is 9.47 Å². The molecule has 2 aliphatic rings. The molecular formula is C37H51ClFN5O5. The van der Waals surface area contributed by atoms with Gasteiger partial charge in [0.1, 0.15) is 11.6 Å². The van der Waals surface area contributed by atoms with Crippen LogP contribution in [0.4, 0.5) is 14.9 Å². The van der Waals surface area contributed by atoms with E-state index in [9.17, 15) is 9.18 Å². The summed E-state index contributed by atoms with van der Waals surface area (Å²) in [4.78, 5) is 21.0. The molecule has 0 saturated carbocycles. The topological polar surface area (TPSA) is 96.9 Å². The van der Waals surface area contributed by atoms with Crippen LogP contribution >= 0.6 is 11.6 Å². The molecule has 0 aromatic heterocycles. The zero-order chi connectivity index (χ0) is 36.0. The van der Waals surface area contributed by atoms with Crippen LogP contribution in [0.25, 0.3) is 0 Å². The fraction of sp³-hybridized carbons (Fsp3) is 0.459. The summed E-state index contributed by atoms with van der Waals surface area (Å²) in [6.45, 7) is 10.1. The lowest BCUT2D eigenvalue weighted by molar-refractivity contribution is -0.123. The van der Waals surface area contributed by atoms with E-state index in [0.717, 1.165) is 25.2 Å². The molecule has 1 aliphatic heterocycles. The highest BCUT2D eigenvalue weighted by atomic mass is 35.5. The number of halogens is 2. The fourth-order valence-electron chi connectivity index (χ4n) is 5.07. The Morgan fingerprint density at radius 2 is 1.86 bits per heavy atom. The number of nitrogens with zero attached hydrogens (tertiary/aromatic N) is 3. The molecule has 0 radical (unpaired) electrons. The Kier molecular flexibility index (Phi) is 15.6. The van der Waals surface area contributed by atoms with E-state index in [2.05, 4.69) is 41.5 Å². The van der Waals surface area contributed by atoms with E-state index < -0.39 is 11.8 Å². The lowest BCUT2D eigenvalue weighted by Gasteiger charge is -2.42. The van der Waals surface area contributed by atoms with Gasteiger partial charge >= 0.3 is 6.03 Å². The second kappa shape index (κ2) is 19.3. The predicted octanol–water partition coefficient (Wildman–Crippen LogP) is 7.30. The first-order valence-electron chi connectivity index (χ1n) is 16.4. The van der Waals surface area contributed by atoms with Crippen molar-refractivity contribution in [2.75, 3.05) is 73.7 Å². The number of carbonyl (C=O) groups excluding carboxylic acids is 1. The van der Waals surface area contributed by atoms with Gasteiger partial charge in [-0.25, -0.2) is 14.2 Å². The van der Waals surface area contributed by atoms with Crippen LogP contribution < -0.4 is 20.1 Å². The number of hydrogen-bond acceptors (Lipinski definition) is 8. The number of methoxy groups -OCH3 is 1. The predicted molar refractivity (Wildman–Crippen MR) is 195 cm³/mol. The number of ether oxygens (including phenoxy) is 4. The van der Waals surface area contributed by atoms with Crippen LogP contribution in [0.3, 0.4) is 0 Å². The number of anilines is 1. The van der Waals surface area contributed by atoms with Crippen molar-refractivity contribution in [3.8, 4) is 11.5 Å². The Hall–Kier alpha value is -3.90. The van der Waals surface area contributed by atoms with E-state index in [1.165, 1.54) is 23.9 Å². The van der Waals surface area contributed by atoms with Crippen LogP contribution in [0.2, 0.25) is 0 Å². The second-order valence-corrected chi connectivity index (χ2v) is 12.8. The Bertz CT molecular complexity index is 1530. The molecule has 268 valence electrons.